The maximum Gasteiger partial charge on any atom is 0.314 e. The molecule has 0 amide bonds. The van der Waals surface area contributed by atoms with Gasteiger partial charge in [-0.1, -0.05) is 6.92 Å². The fourth-order valence-corrected chi connectivity index (χ4v) is 2.09. The highest BCUT2D eigenvalue weighted by molar-refractivity contribution is 7.18. The average molecular weight is 196 g/mol. The molecule has 0 unspecified atom stereocenters. The molecule has 68 valence electrons. The van der Waals surface area contributed by atoms with Gasteiger partial charge in [0.1, 0.15) is 4.83 Å². The predicted molar refractivity (Wildman–Crippen MR) is 52.4 cm³/mol. The summed E-state index contributed by atoms with van der Waals surface area (Å²) in [7, 11) is 0. The Kier molecular flexibility index (Phi) is 1.81. The van der Waals surface area contributed by atoms with Crippen molar-refractivity contribution in [2.75, 3.05) is 0 Å². The number of H-pyrrole nitrogens is 2. The van der Waals surface area contributed by atoms with Gasteiger partial charge in [0.15, 0.2) is 0 Å². The molecule has 0 fully saturated rings. The van der Waals surface area contributed by atoms with Crippen molar-refractivity contribution in [1.82, 2.24) is 9.97 Å². The summed E-state index contributed by atoms with van der Waals surface area (Å²) in [5, 5.41) is 0. The second kappa shape index (κ2) is 2.85. The number of aromatic nitrogens is 2. The lowest BCUT2D eigenvalue weighted by atomic mass is 10.4. The molecule has 2 heterocycles. The molecule has 2 aromatic rings. The van der Waals surface area contributed by atoms with E-state index < -0.39 is 11.1 Å². The number of hydrogen-bond acceptors (Lipinski definition) is 3. The lowest BCUT2D eigenvalue weighted by Crippen LogP contribution is -2.28. The Morgan fingerprint density at radius 1 is 1.31 bits per heavy atom. The Hall–Kier alpha value is -1.36. The fourth-order valence-electron chi connectivity index (χ4n) is 1.14. The molecule has 13 heavy (non-hydrogen) atoms. The third-order valence-corrected chi connectivity index (χ3v) is 3.01. The van der Waals surface area contributed by atoms with E-state index in [1.165, 1.54) is 11.3 Å². The molecule has 0 atom stereocenters. The van der Waals surface area contributed by atoms with Crippen LogP contribution < -0.4 is 11.1 Å². The van der Waals surface area contributed by atoms with Crippen LogP contribution in [0.15, 0.2) is 15.7 Å². The average Bonchev–Trinajstić information content (AvgIpc) is 2.48. The molecule has 0 aliphatic rings. The third-order valence-electron chi connectivity index (χ3n) is 1.81. The van der Waals surface area contributed by atoms with Crippen molar-refractivity contribution < 1.29 is 0 Å². The zero-order chi connectivity index (χ0) is 9.42. The molecule has 0 aliphatic carbocycles. The topological polar surface area (TPSA) is 65.7 Å². The Labute approximate surface area is 77.2 Å². The van der Waals surface area contributed by atoms with E-state index >= 15 is 0 Å². The van der Waals surface area contributed by atoms with Gasteiger partial charge in [-0.05, 0) is 12.5 Å². The lowest BCUT2D eigenvalue weighted by Gasteiger charge is -1.85. The van der Waals surface area contributed by atoms with Crippen molar-refractivity contribution in [3.05, 3.63) is 31.7 Å². The van der Waals surface area contributed by atoms with Crippen molar-refractivity contribution in [3.63, 3.8) is 0 Å². The van der Waals surface area contributed by atoms with E-state index in [1.807, 2.05) is 13.0 Å². The molecular formula is C8H8N2O2S. The van der Waals surface area contributed by atoms with Gasteiger partial charge in [-0.2, -0.15) is 0 Å². The van der Waals surface area contributed by atoms with Crippen LogP contribution >= 0.6 is 11.3 Å². The minimum atomic E-state index is -0.590. The quantitative estimate of drug-likeness (QED) is 0.664. The molecule has 5 heteroatoms. The zero-order valence-electron chi connectivity index (χ0n) is 7.01. The largest absolute Gasteiger partial charge is 0.315 e. The van der Waals surface area contributed by atoms with Crippen LogP contribution in [0.5, 0.6) is 0 Å². The van der Waals surface area contributed by atoms with E-state index in [9.17, 15) is 9.59 Å². The molecule has 0 saturated carbocycles. The number of nitrogens with one attached hydrogen (secondary N) is 2. The van der Waals surface area contributed by atoms with E-state index in [0.29, 0.717) is 5.52 Å². The fraction of sp³-hybridized carbons (Fsp3) is 0.250. The number of rotatable bonds is 1. The first-order chi connectivity index (χ1) is 6.20. The minimum absolute atomic E-state index is 0.586. The summed E-state index contributed by atoms with van der Waals surface area (Å²) in [6.45, 7) is 2.03. The van der Waals surface area contributed by atoms with Gasteiger partial charge < -0.3 is 9.97 Å². The molecular weight excluding hydrogens is 188 g/mol. The summed E-state index contributed by atoms with van der Waals surface area (Å²) in [5.41, 5.74) is -0.462. The highest BCUT2D eigenvalue weighted by atomic mass is 32.1. The first-order valence-electron chi connectivity index (χ1n) is 3.95. The second-order valence-electron chi connectivity index (χ2n) is 2.72. The van der Waals surface area contributed by atoms with E-state index in [4.69, 9.17) is 0 Å². The standard InChI is InChI=1S/C8H8N2O2S/c1-2-4-3-5-8(13-4)10-7(12)6(11)9-5/h3H,2H2,1H3,(H,9,11)(H,10,12). The van der Waals surface area contributed by atoms with Gasteiger partial charge in [-0.3, -0.25) is 9.59 Å². The van der Waals surface area contributed by atoms with Crippen LogP contribution in [-0.2, 0) is 6.42 Å². The van der Waals surface area contributed by atoms with Crippen LogP contribution in [0.2, 0.25) is 0 Å². The van der Waals surface area contributed by atoms with E-state index in [-0.39, 0.29) is 0 Å². The van der Waals surface area contributed by atoms with Crippen LogP contribution in [0.1, 0.15) is 11.8 Å². The smallest absolute Gasteiger partial charge is 0.314 e. The van der Waals surface area contributed by atoms with Crippen LogP contribution in [0.3, 0.4) is 0 Å². The maximum atomic E-state index is 10.9. The van der Waals surface area contributed by atoms with Crippen molar-refractivity contribution in [2.24, 2.45) is 0 Å². The van der Waals surface area contributed by atoms with Gasteiger partial charge in [0.05, 0.1) is 5.52 Å². The molecule has 0 spiro atoms. The lowest BCUT2D eigenvalue weighted by molar-refractivity contribution is 1.15. The number of hydrogen-bond donors (Lipinski definition) is 2. The molecule has 0 saturated heterocycles. The van der Waals surface area contributed by atoms with E-state index in [2.05, 4.69) is 9.97 Å². The molecule has 0 radical (unpaired) electrons. The first-order valence-corrected chi connectivity index (χ1v) is 4.77. The summed E-state index contributed by atoms with van der Waals surface area (Å²) >= 11 is 1.49. The Bertz CT molecular complexity index is 502. The minimum Gasteiger partial charge on any atom is -0.315 e. The van der Waals surface area contributed by atoms with E-state index in [1.54, 1.807) is 0 Å². The van der Waals surface area contributed by atoms with Gasteiger partial charge in [-0.15, -0.1) is 11.3 Å². The van der Waals surface area contributed by atoms with Gasteiger partial charge >= 0.3 is 11.1 Å². The van der Waals surface area contributed by atoms with Crippen molar-refractivity contribution in [1.29, 1.82) is 0 Å². The van der Waals surface area contributed by atoms with Gasteiger partial charge in [0.2, 0.25) is 0 Å². The van der Waals surface area contributed by atoms with E-state index in [0.717, 1.165) is 16.1 Å². The summed E-state index contributed by atoms with van der Waals surface area (Å²) in [4.78, 5) is 28.8. The van der Waals surface area contributed by atoms with Crippen LogP contribution in [0.4, 0.5) is 0 Å². The second-order valence-corrected chi connectivity index (χ2v) is 3.85. The molecule has 2 N–H and O–H groups in total. The van der Waals surface area contributed by atoms with Gasteiger partial charge in [0.25, 0.3) is 0 Å². The summed E-state index contributed by atoms with van der Waals surface area (Å²) in [6, 6.07) is 1.89. The summed E-state index contributed by atoms with van der Waals surface area (Å²) < 4.78 is 0. The first kappa shape index (κ1) is 8.25. The molecule has 2 aromatic heterocycles. The molecule has 0 bridgehead atoms. The number of aryl methyl sites for hydroxylation is 1. The Morgan fingerprint density at radius 2 is 2.00 bits per heavy atom. The molecule has 4 nitrogen and oxygen atoms in total. The normalized spacial score (nSPS) is 10.8. The third kappa shape index (κ3) is 1.31. The molecule has 0 aromatic carbocycles. The van der Waals surface area contributed by atoms with Gasteiger partial charge in [0, 0.05) is 4.88 Å². The molecule has 2 rings (SSSR count). The summed E-state index contributed by atoms with van der Waals surface area (Å²) in [6.07, 6.45) is 0.906. The van der Waals surface area contributed by atoms with Crippen molar-refractivity contribution in [3.8, 4) is 0 Å². The van der Waals surface area contributed by atoms with Crippen molar-refractivity contribution in [2.45, 2.75) is 13.3 Å². The number of aromatic amines is 2. The Balaban J connectivity index is 2.85. The van der Waals surface area contributed by atoms with Crippen LogP contribution in [0.25, 0.3) is 10.3 Å². The predicted octanol–water partition coefficient (Wildman–Crippen LogP) is 0.840. The van der Waals surface area contributed by atoms with Gasteiger partial charge in [-0.25, -0.2) is 0 Å². The SMILES string of the molecule is CCc1cc2[nH]c(=O)c(=O)[nH]c2s1. The maximum absolute atomic E-state index is 10.9. The highest BCUT2D eigenvalue weighted by Crippen LogP contribution is 2.20. The number of thiophene rings is 1. The monoisotopic (exact) mass is 196 g/mol. The molecule has 0 aliphatic heterocycles. The zero-order valence-corrected chi connectivity index (χ0v) is 7.83. The Morgan fingerprint density at radius 3 is 2.69 bits per heavy atom. The summed E-state index contributed by atoms with van der Waals surface area (Å²) in [5.74, 6) is 0. The number of fused-ring (bicyclic) bond motifs is 1. The van der Waals surface area contributed by atoms with Crippen LogP contribution in [0, 0.1) is 0 Å². The van der Waals surface area contributed by atoms with Crippen molar-refractivity contribution >= 4 is 21.7 Å². The van der Waals surface area contributed by atoms with Crippen LogP contribution in [-0.4, -0.2) is 9.97 Å². The highest BCUT2D eigenvalue weighted by Gasteiger charge is 2.02.